The van der Waals surface area contributed by atoms with Gasteiger partial charge in [-0.25, -0.2) is 0 Å². The van der Waals surface area contributed by atoms with Crippen LogP contribution in [-0.4, -0.2) is 43.4 Å². The maximum atomic E-state index is 13.7. The Morgan fingerprint density at radius 2 is 1.94 bits per heavy atom. The van der Waals surface area contributed by atoms with Gasteiger partial charge in [0.15, 0.2) is 5.78 Å². The third-order valence-electron chi connectivity index (χ3n) is 7.57. The molecule has 192 valence electrons. The molecule has 1 N–H and O–H groups in total. The quantitative estimate of drug-likeness (QED) is 0.597. The van der Waals surface area contributed by atoms with E-state index in [0.717, 1.165) is 18.4 Å². The van der Waals surface area contributed by atoms with Gasteiger partial charge in [0, 0.05) is 24.8 Å². The van der Waals surface area contributed by atoms with E-state index in [2.05, 4.69) is 26.1 Å². The Bertz CT molecular complexity index is 883. The maximum absolute atomic E-state index is 13.7. The Labute approximate surface area is 209 Å². The van der Waals surface area contributed by atoms with Gasteiger partial charge in [0.1, 0.15) is 6.04 Å². The van der Waals surface area contributed by atoms with Crippen molar-refractivity contribution in [1.82, 2.24) is 5.32 Å². The van der Waals surface area contributed by atoms with E-state index in [1.807, 2.05) is 30.3 Å². The van der Waals surface area contributed by atoms with E-state index in [9.17, 15) is 9.59 Å². The summed E-state index contributed by atoms with van der Waals surface area (Å²) >= 11 is 0. The van der Waals surface area contributed by atoms with Gasteiger partial charge in [-0.3, -0.25) is 14.9 Å². The summed E-state index contributed by atoms with van der Waals surface area (Å²) in [5.41, 5.74) is 0.995. The van der Waals surface area contributed by atoms with Crippen LogP contribution in [0, 0.1) is 40.9 Å². The summed E-state index contributed by atoms with van der Waals surface area (Å²) in [5.74, 6) is 0.478. The first-order valence-corrected chi connectivity index (χ1v) is 12.9. The molecule has 2 heterocycles. The molecule has 0 unspecified atom stereocenters. The molecule has 1 aromatic carbocycles. The van der Waals surface area contributed by atoms with E-state index >= 15 is 0 Å². The molecule has 3 aliphatic rings. The smallest absolute Gasteiger partial charge is 0.323 e. The predicted octanol–water partition coefficient (Wildman–Crippen LogP) is 4.43. The number of nitrogens with one attached hydrogen (secondary N) is 1. The van der Waals surface area contributed by atoms with Crippen molar-refractivity contribution in [2.24, 2.45) is 29.6 Å². The molecule has 3 fully saturated rings. The van der Waals surface area contributed by atoms with Crippen molar-refractivity contribution in [3.05, 3.63) is 35.9 Å². The largest absolute Gasteiger partial charge is 0.465 e. The van der Waals surface area contributed by atoms with Crippen molar-refractivity contribution in [2.45, 2.75) is 78.4 Å². The average Bonchev–Trinajstić information content (AvgIpc) is 3.23. The van der Waals surface area contributed by atoms with E-state index in [4.69, 9.17) is 19.5 Å². The van der Waals surface area contributed by atoms with Gasteiger partial charge in [0.05, 0.1) is 25.4 Å². The van der Waals surface area contributed by atoms with Crippen LogP contribution in [0.2, 0.25) is 0 Å². The minimum Gasteiger partial charge on any atom is -0.465 e. The zero-order valence-electron chi connectivity index (χ0n) is 21.6. The van der Waals surface area contributed by atoms with Crippen molar-refractivity contribution in [3.8, 4) is 6.07 Å². The zero-order chi connectivity index (χ0) is 25.5. The van der Waals surface area contributed by atoms with Crippen molar-refractivity contribution >= 4 is 11.8 Å². The van der Waals surface area contributed by atoms with Crippen LogP contribution in [0.4, 0.5) is 0 Å². The fraction of sp³-hybridized carbons (Fsp3) is 0.679. The summed E-state index contributed by atoms with van der Waals surface area (Å²) in [5, 5.41) is 10.7. The number of carbonyl (C=O) groups excluding carboxylic acids is 2. The van der Waals surface area contributed by atoms with Gasteiger partial charge in [0.25, 0.3) is 0 Å². The molecule has 2 aliphatic heterocycles. The van der Waals surface area contributed by atoms with Crippen LogP contribution in [0.5, 0.6) is 0 Å². The lowest BCUT2D eigenvalue weighted by atomic mass is 9.75. The van der Waals surface area contributed by atoms with Gasteiger partial charge in [-0.1, -0.05) is 57.5 Å². The van der Waals surface area contributed by atoms with Gasteiger partial charge in [0.2, 0.25) is 6.29 Å². The molecule has 7 heteroatoms. The third-order valence-corrected chi connectivity index (χ3v) is 7.57. The van der Waals surface area contributed by atoms with E-state index < -0.39 is 12.3 Å². The summed E-state index contributed by atoms with van der Waals surface area (Å²) < 4.78 is 17.7. The van der Waals surface area contributed by atoms with Gasteiger partial charge in [-0.15, -0.1) is 0 Å². The van der Waals surface area contributed by atoms with E-state index in [-0.39, 0.29) is 35.7 Å². The Hall–Kier alpha value is -2.27. The topological polar surface area (TPSA) is 97.7 Å². The molecule has 35 heavy (non-hydrogen) atoms. The summed E-state index contributed by atoms with van der Waals surface area (Å²) in [4.78, 5) is 26.4. The molecule has 1 saturated carbocycles. The Morgan fingerprint density at radius 1 is 1.26 bits per heavy atom. The molecule has 7 nitrogen and oxygen atoms in total. The second-order valence-electron chi connectivity index (χ2n) is 10.3. The number of Topliss-reactive ketones (excluding diaryl/α,β-unsaturated/α-hetero) is 1. The van der Waals surface area contributed by atoms with Gasteiger partial charge in [-0.05, 0) is 43.1 Å². The van der Waals surface area contributed by atoms with E-state index in [1.165, 1.54) is 13.3 Å². The lowest BCUT2D eigenvalue weighted by Gasteiger charge is -2.41. The predicted molar refractivity (Wildman–Crippen MR) is 132 cm³/mol. The second-order valence-corrected chi connectivity index (χ2v) is 10.3. The molecular weight excluding hydrogens is 444 g/mol. The van der Waals surface area contributed by atoms with Crippen LogP contribution in [0.3, 0.4) is 0 Å². The molecule has 2 saturated heterocycles. The number of esters is 1. The number of hydrogen-bond donors (Lipinski definition) is 1. The van der Waals surface area contributed by atoms with Crippen LogP contribution in [0.15, 0.2) is 30.3 Å². The van der Waals surface area contributed by atoms with Crippen molar-refractivity contribution < 1.29 is 23.8 Å². The molecule has 4 rings (SSSR count). The molecule has 0 bridgehead atoms. The Balaban J connectivity index is 0.00000108. The number of nitriles is 1. The number of ether oxygens (including phenoxy) is 3. The summed E-state index contributed by atoms with van der Waals surface area (Å²) in [6.45, 7) is 10.5. The van der Waals surface area contributed by atoms with Crippen LogP contribution >= 0.6 is 0 Å². The van der Waals surface area contributed by atoms with Crippen molar-refractivity contribution in [1.29, 1.82) is 5.26 Å². The normalized spacial score (nSPS) is 34.4. The fourth-order valence-electron chi connectivity index (χ4n) is 5.86. The number of rotatable bonds is 6. The lowest BCUT2D eigenvalue weighted by molar-refractivity contribution is -0.220. The number of hydrogen-bond acceptors (Lipinski definition) is 7. The lowest BCUT2D eigenvalue weighted by Crippen LogP contribution is -2.50. The van der Waals surface area contributed by atoms with E-state index in [0.29, 0.717) is 31.0 Å². The van der Waals surface area contributed by atoms with Crippen LogP contribution in [-0.2, 0) is 23.8 Å². The highest BCUT2D eigenvalue weighted by molar-refractivity contribution is 5.89. The summed E-state index contributed by atoms with van der Waals surface area (Å²) in [6.07, 6.45) is 2.43. The first kappa shape index (κ1) is 27.3. The van der Waals surface area contributed by atoms with Crippen LogP contribution < -0.4 is 5.32 Å². The first-order valence-electron chi connectivity index (χ1n) is 12.9. The van der Waals surface area contributed by atoms with Crippen molar-refractivity contribution in [3.63, 3.8) is 0 Å². The maximum Gasteiger partial charge on any atom is 0.323 e. The van der Waals surface area contributed by atoms with E-state index in [1.54, 1.807) is 13.0 Å². The summed E-state index contributed by atoms with van der Waals surface area (Å²) in [6, 6.07) is 10.8. The van der Waals surface area contributed by atoms with Gasteiger partial charge < -0.3 is 14.2 Å². The highest BCUT2D eigenvalue weighted by Gasteiger charge is 2.55. The first-order chi connectivity index (χ1) is 16.8. The number of nitrogens with zero attached hydrogens (tertiary/aromatic N) is 1. The van der Waals surface area contributed by atoms with Gasteiger partial charge >= 0.3 is 5.97 Å². The molecule has 0 aromatic heterocycles. The Kier molecular flexibility index (Phi) is 9.85. The number of carbonyl (C=O) groups is 2. The standard InChI is InChI=1S/C26H37NO5.C2H3N/c1-5-30-25(29)23-19-14-31-26(32-20-13-16(4)11-12-18(20)15(2)3)24(28)21(19)22(27-23)17-9-7-6-8-10-17;1-2-3/h6-10,15-16,18-23,26-27H,5,11-14H2,1-4H3;1H3/t16-,18+,19-,20-,21+,22+,23+,26+;/m1./s1. The highest BCUT2D eigenvalue weighted by Crippen LogP contribution is 2.43. The molecule has 0 radical (unpaired) electrons. The number of benzene rings is 1. The molecule has 0 spiro atoms. The number of fused-ring (bicyclic) bond motifs is 1. The summed E-state index contributed by atoms with van der Waals surface area (Å²) in [7, 11) is 0. The molecule has 0 amide bonds. The minimum absolute atomic E-state index is 0.0228. The number of ketones is 1. The molecular formula is C28H40N2O5. The Morgan fingerprint density at radius 3 is 2.57 bits per heavy atom. The monoisotopic (exact) mass is 484 g/mol. The molecule has 1 aromatic rings. The van der Waals surface area contributed by atoms with Crippen LogP contribution in [0.1, 0.15) is 65.5 Å². The third kappa shape index (κ3) is 6.30. The fourth-order valence-corrected chi connectivity index (χ4v) is 5.86. The zero-order valence-corrected chi connectivity index (χ0v) is 21.6. The molecule has 8 atom stereocenters. The molecule has 1 aliphatic carbocycles. The van der Waals surface area contributed by atoms with Gasteiger partial charge in [-0.2, -0.15) is 5.26 Å². The van der Waals surface area contributed by atoms with Crippen molar-refractivity contribution in [2.75, 3.05) is 13.2 Å². The van der Waals surface area contributed by atoms with Crippen LogP contribution in [0.25, 0.3) is 0 Å². The SMILES string of the molecule is CC#N.CCOC(=O)[C@H]1N[C@@H](c2ccccc2)[C@H]2C(=O)[C@H](O[C@@H]3C[C@H](C)CC[C@H]3C(C)C)OC[C@H]21. The second kappa shape index (κ2) is 12.6. The minimum atomic E-state index is -0.873. The average molecular weight is 485 g/mol. The highest BCUT2D eigenvalue weighted by atomic mass is 16.7.